The molecule has 2 atom stereocenters. The van der Waals surface area contributed by atoms with E-state index in [4.69, 9.17) is 9.47 Å². The largest absolute Gasteiger partial charge is 0.416 e. The van der Waals surface area contributed by atoms with Crippen LogP contribution in [0.5, 0.6) is 0 Å². The molecule has 130 valence electrons. The first kappa shape index (κ1) is 18.2. The first-order valence-electron chi connectivity index (χ1n) is 8.01. The Morgan fingerprint density at radius 1 is 1.26 bits per heavy atom. The van der Waals surface area contributed by atoms with Crippen molar-refractivity contribution in [3.8, 4) is 0 Å². The second-order valence-electron chi connectivity index (χ2n) is 5.83. The van der Waals surface area contributed by atoms with E-state index in [1.165, 1.54) is 6.07 Å². The van der Waals surface area contributed by atoms with E-state index in [2.05, 4.69) is 5.32 Å². The van der Waals surface area contributed by atoms with E-state index < -0.39 is 17.8 Å². The van der Waals surface area contributed by atoms with Gasteiger partial charge in [0.2, 0.25) is 0 Å². The fraction of sp³-hybridized carbons (Fsp3) is 0.647. The van der Waals surface area contributed by atoms with Gasteiger partial charge in [0.25, 0.3) is 0 Å². The van der Waals surface area contributed by atoms with Gasteiger partial charge in [0.15, 0.2) is 0 Å². The average Bonchev–Trinajstić information content (AvgIpc) is 2.55. The highest BCUT2D eigenvalue weighted by Crippen LogP contribution is 2.39. The highest BCUT2D eigenvalue weighted by Gasteiger charge is 2.37. The van der Waals surface area contributed by atoms with Crippen molar-refractivity contribution >= 4 is 0 Å². The van der Waals surface area contributed by atoms with Crippen molar-refractivity contribution in [3.63, 3.8) is 0 Å². The maximum absolute atomic E-state index is 13.3. The summed E-state index contributed by atoms with van der Waals surface area (Å²) in [5, 5.41) is 3.26. The van der Waals surface area contributed by atoms with Gasteiger partial charge in [0.05, 0.1) is 11.7 Å². The molecule has 0 saturated carbocycles. The standard InChI is InChI=1S/C17H24F3NO2/c1-22-10-5-11-23-16(13-6-4-9-21-12-13)14-7-2-3-8-15(14)17(18,19)20/h2-3,7-8,13,16,21H,4-6,9-12H2,1H3/t13?,16-/m1/s1. The third kappa shape index (κ3) is 5.19. The fourth-order valence-corrected chi connectivity index (χ4v) is 3.03. The van der Waals surface area contributed by atoms with Gasteiger partial charge in [-0.2, -0.15) is 13.2 Å². The quantitative estimate of drug-likeness (QED) is 0.771. The molecule has 2 rings (SSSR count). The molecule has 1 aromatic rings. The zero-order valence-corrected chi connectivity index (χ0v) is 13.4. The van der Waals surface area contributed by atoms with Gasteiger partial charge < -0.3 is 14.8 Å². The average molecular weight is 331 g/mol. The van der Waals surface area contributed by atoms with Crippen molar-refractivity contribution in [1.82, 2.24) is 5.32 Å². The molecule has 1 fully saturated rings. The Morgan fingerprint density at radius 2 is 2.04 bits per heavy atom. The third-order valence-electron chi connectivity index (χ3n) is 4.13. The molecule has 0 amide bonds. The minimum atomic E-state index is -4.37. The van der Waals surface area contributed by atoms with Crippen molar-refractivity contribution in [3.05, 3.63) is 35.4 Å². The SMILES string of the molecule is COCCCO[C@@H](c1ccccc1C(F)(F)F)C1CCCNC1. The van der Waals surface area contributed by atoms with Crippen molar-refractivity contribution in [2.75, 3.05) is 33.4 Å². The summed E-state index contributed by atoms with van der Waals surface area (Å²) in [7, 11) is 1.60. The lowest BCUT2D eigenvalue weighted by Gasteiger charge is -2.32. The van der Waals surface area contributed by atoms with Crippen LogP contribution in [0.1, 0.15) is 36.5 Å². The topological polar surface area (TPSA) is 30.5 Å². The lowest BCUT2D eigenvalue weighted by atomic mass is 9.87. The van der Waals surface area contributed by atoms with Gasteiger partial charge in [-0.05, 0) is 37.4 Å². The molecule has 3 nitrogen and oxygen atoms in total. The van der Waals surface area contributed by atoms with Crippen LogP contribution in [0, 0.1) is 5.92 Å². The second kappa shape index (κ2) is 8.66. The Balaban J connectivity index is 2.22. The van der Waals surface area contributed by atoms with Crippen molar-refractivity contribution in [1.29, 1.82) is 0 Å². The zero-order chi connectivity index (χ0) is 16.7. The second-order valence-corrected chi connectivity index (χ2v) is 5.83. The zero-order valence-electron chi connectivity index (χ0n) is 13.4. The van der Waals surface area contributed by atoms with E-state index >= 15 is 0 Å². The van der Waals surface area contributed by atoms with Crippen LogP contribution in [0.15, 0.2) is 24.3 Å². The summed E-state index contributed by atoms with van der Waals surface area (Å²) in [4.78, 5) is 0. The molecule has 0 spiro atoms. The van der Waals surface area contributed by atoms with Gasteiger partial charge in [-0.25, -0.2) is 0 Å². The summed E-state index contributed by atoms with van der Waals surface area (Å²) in [6, 6.07) is 5.75. The number of halogens is 3. The van der Waals surface area contributed by atoms with E-state index in [0.29, 0.717) is 26.2 Å². The molecule has 0 aliphatic carbocycles. The number of methoxy groups -OCH3 is 1. The Bertz CT molecular complexity index is 473. The van der Waals surface area contributed by atoms with Crippen LogP contribution in [0.3, 0.4) is 0 Å². The molecule has 1 aliphatic rings. The summed E-state index contributed by atoms with van der Waals surface area (Å²) >= 11 is 0. The number of nitrogens with one attached hydrogen (secondary N) is 1. The molecule has 1 unspecified atom stereocenters. The van der Waals surface area contributed by atoms with Crippen molar-refractivity contribution in [2.24, 2.45) is 5.92 Å². The predicted octanol–water partition coefficient (Wildman–Crippen LogP) is 3.80. The van der Waals surface area contributed by atoms with E-state index in [-0.39, 0.29) is 11.5 Å². The number of ether oxygens (including phenoxy) is 2. The lowest BCUT2D eigenvalue weighted by molar-refractivity contribution is -0.140. The minimum absolute atomic E-state index is 0.0507. The number of hydrogen-bond acceptors (Lipinski definition) is 3. The maximum Gasteiger partial charge on any atom is 0.416 e. The maximum atomic E-state index is 13.3. The Hall–Kier alpha value is -1.11. The smallest absolute Gasteiger partial charge is 0.385 e. The third-order valence-corrected chi connectivity index (χ3v) is 4.13. The van der Waals surface area contributed by atoms with Gasteiger partial charge in [-0.1, -0.05) is 18.2 Å². The van der Waals surface area contributed by atoms with Gasteiger partial charge in [0, 0.05) is 32.8 Å². The number of piperidine rings is 1. The summed E-state index contributed by atoms with van der Waals surface area (Å²) in [5.41, 5.74) is -0.353. The summed E-state index contributed by atoms with van der Waals surface area (Å²) < 4.78 is 50.8. The number of alkyl halides is 3. The highest BCUT2D eigenvalue weighted by molar-refractivity contribution is 5.32. The summed E-state index contributed by atoms with van der Waals surface area (Å²) in [6.45, 7) is 2.52. The first-order valence-corrected chi connectivity index (χ1v) is 8.01. The molecular weight excluding hydrogens is 307 g/mol. The lowest BCUT2D eigenvalue weighted by Crippen LogP contribution is -2.35. The molecule has 0 radical (unpaired) electrons. The monoisotopic (exact) mass is 331 g/mol. The summed E-state index contributed by atoms with van der Waals surface area (Å²) in [6.07, 6.45) is -2.42. The molecule has 0 bridgehead atoms. The molecule has 1 N–H and O–H groups in total. The molecule has 1 heterocycles. The Labute approximate surface area is 135 Å². The number of rotatable bonds is 7. The van der Waals surface area contributed by atoms with Crippen LogP contribution in [0.25, 0.3) is 0 Å². The van der Waals surface area contributed by atoms with Crippen LogP contribution < -0.4 is 5.32 Å². The normalized spacial score (nSPS) is 20.4. The van der Waals surface area contributed by atoms with E-state index in [0.717, 1.165) is 25.5 Å². The summed E-state index contributed by atoms with van der Waals surface area (Å²) in [5.74, 6) is 0.0507. The van der Waals surface area contributed by atoms with Gasteiger partial charge in [0.1, 0.15) is 0 Å². The van der Waals surface area contributed by atoms with Crippen LogP contribution >= 0.6 is 0 Å². The van der Waals surface area contributed by atoms with Crippen LogP contribution in [-0.2, 0) is 15.7 Å². The molecule has 23 heavy (non-hydrogen) atoms. The number of benzene rings is 1. The minimum Gasteiger partial charge on any atom is -0.385 e. The predicted molar refractivity (Wildman–Crippen MR) is 82.2 cm³/mol. The van der Waals surface area contributed by atoms with E-state index in [1.807, 2.05) is 0 Å². The molecular formula is C17H24F3NO2. The molecule has 0 aromatic heterocycles. The molecule has 1 aliphatic heterocycles. The van der Waals surface area contributed by atoms with Crippen molar-refractivity contribution < 1.29 is 22.6 Å². The van der Waals surface area contributed by atoms with E-state index in [9.17, 15) is 13.2 Å². The molecule has 1 saturated heterocycles. The number of hydrogen-bond donors (Lipinski definition) is 1. The highest BCUT2D eigenvalue weighted by atomic mass is 19.4. The Kier molecular flexibility index (Phi) is 6.87. The fourth-order valence-electron chi connectivity index (χ4n) is 3.03. The van der Waals surface area contributed by atoms with Crippen LogP contribution in [0.4, 0.5) is 13.2 Å². The van der Waals surface area contributed by atoms with Gasteiger partial charge in [-0.3, -0.25) is 0 Å². The van der Waals surface area contributed by atoms with Crippen molar-refractivity contribution in [2.45, 2.75) is 31.5 Å². The van der Waals surface area contributed by atoms with E-state index in [1.54, 1.807) is 19.2 Å². The Morgan fingerprint density at radius 3 is 2.70 bits per heavy atom. The molecule has 1 aromatic carbocycles. The van der Waals surface area contributed by atoms with Crippen LogP contribution in [0.2, 0.25) is 0 Å². The van der Waals surface area contributed by atoms with Crippen LogP contribution in [-0.4, -0.2) is 33.4 Å². The van der Waals surface area contributed by atoms with Gasteiger partial charge in [-0.15, -0.1) is 0 Å². The van der Waals surface area contributed by atoms with Gasteiger partial charge >= 0.3 is 6.18 Å². The molecule has 6 heteroatoms. The first-order chi connectivity index (χ1) is 11.0.